The lowest BCUT2D eigenvalue weighted by atomic mass is 10.0. The minimum atomic E-state index is -0.593. The monoisotopic (exact) mass is 273 g/mol. The van der Waals surface area contributed by atoms with E-state index in [0.717, 1.165) is 4.88 Å². The van der Waals surface area contributed by atoms with Crippen LogP contribution in [-0.2, 0) is 0 Å². The average molecular weight is 274 g/mol. The van der Waals surface area contributed by atoms with Gasteiger partial charge in [0.1, 0.15) is 0 Å². The van der Waals surface area contributed by atoms with Gasteiger partial charge < -0.3 is 10.8 Å². The molecule has 5 heteroatoms. The molecule has 0 saturated carbocycles. The van der Waals surface area contributed by atoms with Crippen LogP contribution in [0.15, 0.2) is 29.6 Å². The minimum absolute atomic E-state index is 0. The maximum absolute atomic E-state index is 13.5. The molecule has 2 nitrogen and oxygen atoms in total. The molecule has 0 aliphatic carbocycles. The molecule has 0 spiro atoms. The second-order valence-electron chi connectivity index (χ2n) is 3.63. The predicted molar refractivity (Wildman–Crippen MR) is 70.4 cm³/mol. The van der Waals surface area contributed by atoms with Crippen LogP contribution >= 0.6 is 23.7 Å². The first kappa shape index (κ1) is 14.0. The Morgan fingerprint density at radius 3 is 2.65 bits per heavy atom. The van der Waals surface area contributed by atoms with Gasteiger partial charge in [-0.1, -0.05) is 18.2 Å². The van der Waals surface area contributed by atoms with E-state index in [4.69, 9.17) is 5.73 Å². The van der Waals surface area contributed by atoms with E-state index in [1.54, 1.807) is 19.1 Å². The van der Waals surface area contributed by atoms with Crippen LogP contribution in [0, 0.1) is 12.7 Å². The van der Waals surface area contributed by atoms with Crippen LogP contribution < -0.4 is 5.73 Å². The van der Waals surface area contributed by atoms with Crippen molar-refractivity contribution in [1.29, 1.82) is 0 Å². The highest BCUT2D eigenvalue weighted by atomic mass is 35.5. The number of phenolic OH excluding ortho intramolecular Hbond substituents is 1. The smallest absolute Gasteiger partial charge is 0.168 e. The van der Waals surface area contributed by atoms with E-state index in [0.29, 0.717) is 11.1 Å². The van der Waals surface area contributed by atoms with E-state index in [1.807, 2.05) is 17.5 Å². The first-order valence-corrected chi connectivity index (χ1v) is 5.76. The summed E-state index contributed by atoms with van der Waals surface area (Å²) in [6.07, 6.45) is 0. The number of aromatic hydroxyl groups is 1. The van der Waals surface area contributed by atoms with Gasteiger partial charge in [-0.25, -0.2) is 4.39 Å². The zero-order valence-electron chi connectivity index (χ0n) is 9.18. The fraction of sp³-hybridized carbons (Fsp3) is 0.167. The van der Waals surface area contributed by atoms with Gasteiger partial charge in [-0.15, -0.1) is 23.7 Å². The van der Waals surface area contributed by atoms with Gasteiger partial charge in [0.15, 0.2) is 11.6 Å². The number of halogens is 2. The summed E-state index contributed by atoms with van der Waals surface area (Å²) in [7, 11) is 0. The van der Waals surface area contributed by atoms with Gasteiger partial charge in [0.25, 0.3) is 0 Å². The molecule has 1 heterocycles. The summed E-state index contributed by atoms with van der Waals surface area (Å²) in [5.74, 6) is -0.939. The Morgan fingerprint density at radius 2 is 2.06 bits per heavy atom. The van der Waals surface area contributed by atoms with E-state index in [1.165, 1.54) is 11.3 Å². The Balaban J connectivity index is 0.00000144. The van der Waals surface area contributed by atoms with E-state index in [9.17, 15) is 9.50 Å². The predicted octanol–water partition coefficient (Wildman–Crippen LogP) is 3.37. The fourth-order valence-corrected chi connectivity index (χ4v) is 2.30. The van der Waals surface area contributed by atoms with Crippen molar-refractivity contribution < 1.29 is 9.50 Å². The lowest BCUT2D eigenvalue weighted by Crippen LogP contribution is -2.11. The molecular weight excluding hydrogens is 261 g/mol. The van der Waals surface area contributed by atoms with Gasteiger partial charge in [-0.2, -0.15) is 0 Å². The van der Waals surface area contributed by atoms with E-state index in [2.05, 4.69) is 0 Å². The molecule has 2 aromatic rings. The molecule has 2 rings (SSSR count). The number of phenols is 1. The Morgan fingerprint density at radius 1 is 1.35 bits per heavy atom. The third kappa shape index (κ3) is 2.60. The van der Waals surface area contributed by atoms with Gasteiger partial charge in [-0.3, -0.25) is 0 Å². The number of rotatable bonds is 2. The highest BCUT2D eigenvalue weighted by Gasteiger charge is 2.17. The maximum Gasteiger partial charge on any atom is 0.168 e. The van der Waals surface area contributed by atoms with E-state index >= 15 is 0 Å². The molecule has 0 aliphatic rings. The molecule has 1 aromatic heterocycles. The molecule has 92 valence electrons. The van der Waals surface area contributed by atoms with Crippen molar-refractivity contribution in [3.05, 3.63) is 51.5 Å². The first-order chi connectivity index (χ1) is 7.61. The largest absolute Gasteiger partial charge is 0.505 e. The molecule has 0 saturated heterocycles. The third-order valence-corrected chi connectivity index (χ3v) is 3.48. The molecule has 3 N–H and O–H groups in total. The summed E-state index contributed by atoms with van der Waals surface area (Å²) in [6.45, 7) is 1.61. The summed E-state index contributed by atoms with van der Waals surface area (Å²) in [4.78, 5) is 0.901. The van der Waals surface area contributed by atoms with E-state index < -0.39 is 11.9 Å². The third-order valence-electron chi connectivity index (χ3n) is 2.53. The van der Waals surface area contributed by atoms with Crippen molar-refractivity contribution >= 4 is 23.7 Å². The van der Waals surface area contributed by atoms with E-state index in [-0.39, 0.29) is 18.2 Å². The number of benzene rings is 1. The van der Waals surface area contributed by atoms with Crippen LogP contribution in [0.2, 0.25) is 0 Å². The lowest BCUT2D eigenvalue weighted by Gasteiger charge is -2.13. The molecular formula is C12H13ClFNOS. The summed E-state index contributed by atoms with van der Waals surface area (Å²) in [5, 5.41) is 11.6. The summed E-state index contributed by atoms with van der Waals surface area (Å²) >= 11 is 1.49. The van der Waals surface area contributed by atoms with Crippen molar-refractivity contribution in [1.82, 2.24) is 0 Å². The second-order valence-corrected chi connectivity index (χ2v) is 4.61. The number of aryl methyl sites for hydroxylation is 1. The Hall–Kier alpha value is -1.10. The van der Waals surface area contributed by atoms with Crippen LogP contribution in [0.4, 0.5) is 4.39 Å². The zero-order valence-corrected chi connectivity index (χ0v) is 10.8. The highest BCUT2D eigenvalue weighted by Crippen LogP contribution is 2.32. The normalized spacial score (nSPS) is 11.9. The molecule has 17 heavy (non-hydrogen) atoms. The number of nitrogens with two attached hydrogens (primary N) is 1. The summed E-state index contributed by atoms with van der Waals surface area (Å²) in [6, 6.07) is 6.55. The van der Waals surface area contributed by atoms with Gasteiger partial charge in [-0.05, 0) is 23.9 Å². The van der Waals surface area contributed by atoms with Gasteiger partial charge in [0.05, 0.1) is 6.04 Å². The quantitative estimate of drug-likeness (QED) is 0.881. The molecule has 0 fully saturated rings. The first-order valence-electron chi connectivity index (χ1n) is 4.88. The fourth-order valence-electron chi connectivity index (χ4n) is 1.55. The molecule has 0 unspecified atom stereocenters. The molecule has 0 radical (unpaired) electrons. The standard InChI is InChI=1S/C12H12FNOS.ClH/c1-7-4-5-8(12(15)10(7)13)11(14)9-3-2-6-16-9;/h2-6,11,15H,14H2,1H3;1H/t11-;/m0./s1. The SMILES string of the molecule is Cc1ccc([C@H](N)c2cccs2)c(O)c1F.Cl. The molecule has 1 atom stereocenters. The molecule has 0 aliphatic heterocycles. The molecule has 1 aromatic carbocycles. The van der Waals surface area contributed by atoms with Crippen molar-refractivity contribution in [2.75, 3.05) is 0 Å². The van der Waals surface area contributed by atoms with Crippen molar-refractivity contribution in [3.63, 3.8) is 0 Å². The van der Waals surface area contributed by atoms with Crippen LogP contribution in [0.5, 0.6) is 5.75 Å². The second kappa shape index (κ2) is 5.49. The number of hydrogen-bond donors (Lipinski definition) is 2. The topological polar surface area (TPSA) is 46.2 Å². The van der Waals surface area contributed by atoms with Crippen LogP contribution in [0.1, 0.15) is 22.0 Å². The lowest BCUT2D eigenvalue weighted by molar-refractivity contribution is 0.421. The summed E-state index contributed by atoms with van der Waals surface area (Å²) in [5.41, 5.74) is 6.80. The Labute approximate surface area is 109 Å². The Bertz CT molecular complexity index is 501. The van der Waals surface area contributed by atoms with Gasteiger partial charge in [0, 0.05) is 10.4 Å². The highest BCUT2D eigenvalue weighted by molar-refractivity contribution is 7.10. The Kier molecular flexibility index (Phi) is 4.51. The van der Waals surface area contributed by atoms with Gasteiger partial charge in [0.2, 0.25) is 0 Å². The number of hydrogen-bond acceptors (Lipinski definition) is 3. The number of thiophene rings is 1. The van der Waals surface area contributed by atoms with Crippen molar-refractivity contribution in [2.45, 2.75) is 13.0 Å². The van der Waals surface area contributed by atoms with Crippen molar-refractivity contribution in [3.8, 4) is 5.75 Å². The molecule has 0 amide bonds. The van der Waals surface area contributed by atoms with Crippen LogP contribution in [0.3, 0.4) is 0 Å². The maximum atomic E-state index is 13.5. The molecule has 0 bridgehead atoms. The average Bonchev–Trinajstić information content (AvgIpc) is 2.79. The van der Waals surface area contributed by atoms with Crippen LogP contribution in [-0.4, -0.2) is 5.11 Å². The van der Waals surface area contributed by atoms with Crippen LogP contribution in [0.25, 0.3) is 0 Å². The minimum Gasteiger partial charge on any atom is -0.505 e. The van der Waals surface area contributed by atoms with Gasteiger partial charge >= 0.3 is 0 Å². The van der Waals surface area contributed by atoms with Crippen molar-refractivity contribution in [2.24, 2.45) is 5.73 Å². The summed E-state index contributed by atoms with van der Waals surface area (Å²) < 4.78 is 13.5. The zero-order chi connectivity index (χ0) is 11.7.